The Kier molecular flexibility index (Phi) is 9.07. The monoisotopic (exact) mass is 270 g/mol. The Morgan fingerprint density at radius 1 is 1.11 bits per heavy atom. The van der Waals surface area contributed by atoms with Gasteiger partial charge in [-0.25, -0.2) is 0 Å². The number of rotatable bonds is 10. The van der Waals surface area contributed by atoms with E-state index >= 15 is 0 Å². The van der Waals surface area contributed by atoms with E-state index in [9.17, 15) is 4.79 Å². The molecule has 3 nitrogen and oxygen atoms in total. The van der Waals surface area contributed by atoms with Crippen molar-refractivity contribution in [2.45, 2.75) is 85.2 Å². The number of likely N-dealkylation sites (N-methyl/N-ethyl adjacent to an activating group) is 1. The lowest BCUT2D eigenvalue weighted by Crippen LogP contribution is -2.53. The first kappa shape index (κ1) is 18.4. The second kappa shape index (κ2) is 9.35. The van der Waals surface area contributed by atoms with Gasteiger partial charge in [0.1, 0.15) is 0 Å². The normalized spacial score (nSPS) is 13.6. The quantitative estimate of drug-likeness (QED) is 0.615. The van der Waals surface area contributed by atoms with Crippen LogP contribution < -0.4 is 5.32 Å². The van der Waals surface area contributed by atoms with Crippen LogP contribution in [-0.2, 0) is 4.79 Å². The summed E-state index contributed by atoms with van der Waals surface area (Å²) in [5, 5.41) is 3.20. The molecule has 0 aliphatic carbocycles. The van der Waals surface area contributed by atoms with Crippen LogP contribution in [0.3, 0.4) is 0 Å². The number of carbonyl (C=O) groups excluding carboxylic acids is 1. The summed E-state index contributed by atoms with van der Waals surface area (Å²) in [5.41, 5.74) is -0.104. The van der Waals surface area contributed by atoms with Crippen LogP contribution in [0.2, 0.25) is 0 Å². The molecule has 0 heterocycles. The third-order valence-electron chi connectivity index (χ3n) is 3.98. The minimum absolute atomic E-state index is 0.0346. The number of nitrogens with zero attached hydrogens (tertiary/aromatic N) is 1. The molecule has 0 aromatic carbocycles. The number of unbranched alkanes of at least 4 members (excludes halogenated alkanes) is 2. The Balaban J connectivity index is 4.66. The molecular formula is C16H34N2O. The van der Waals surface area contributed by atoms with Crippen molar-refractivity contribution in [1.29, 1.82) is 0 Å². The largest absolute Gasteiger partial charge is 0.350 e. The molecular weight excluding hydrogens is 236 g/mol. The second-order valence-electron chi connectivity index (χ2n) is 5.96. The molecule has 1 unspecified atom stereocenters. The first-order valence-electron chi connectivity index (χ1n) is 7.97. The zero-order chi connectivity index (χ0) is 14.9. The lowest BCUT2D eigenvalue weighted by atomic mass is 9.99. The van der Waals surface area contributed by atoms with Crippen LogP contribution in [0.4, 0.5) is 0 Å². The molecule has 0 fully saturated rings. The number of nitrogens with one attached hydrogen (secondary N) is 1. The second-order valence-corrected chi connectivity index (χ2v) is 5.96. The zero-order valence-electron chi connectivity index (χ0n) is 13.9. The van der Waals surface area contributed by atoms with Crippen molar-refractivity contribution >= 4 is 5.91 Å². The molecule has 0 bridgehead atoms. The Labute approximate surface area is 120 Å². The number of hydrogen-bond donors (Lipinski definition) is 1. The summed E-state index contributed by atoms with van der Waals surface area (Å²) in [7, 11) is 0. The first-order chi connectivity index (χ1) is 8.91. The molecule has 0 aliphatic heterocycles. The summed E-state index contributed by atoms with van der Waals surface area (Å²) in [4.78, 5) is 14.8. The van der Waals surface area contributed by atoms with Crippen LogP contribution in [0.5, 0.6) is 0 Å². The van der Waals surface area contributed by atoms with Gasteiger partial charge in [-0.2, -0.15) is 0 Å². The molecule has 19 heavy (non-hydrogen) atoms. The highest BCUT2D eigenvalue weighted by molar-refractivity contribution is 5.82. The smallest absolute Gasteiger partial charge is 0.237 e. The summed E-state index contributed by atoms with van der Waals surface area (Å²) < 4.78 is 0. The average molecular weight is 270 g/mol. The van der Waals surface area contributed by atoms with Crippen molar-refractivity contribution in [3.8, 4) is 0 Å². The van der Waals surface area contributed by atoms with Gasteiger partial charge >= 0.3 is 0 Å². The number of amides is 1. The van der Waals surface area contributed by atoms with E-state index in [1.54, 1.807) is 0 Å². The van der Waals surface area contributed by atoms with E-state index in [4.69, 9.17) is 0 Å². The fraction of sp³-hybridized carbons (Fsp3) is 0.938. The molecule has 0 spiro atoms. The Hall–Kier alpha value is -0.570. The molecule has 0 aliphatic rings. The zero-order valence-corrected chi connectivity index (χ0v) is 13.9. The van der Waals surface area contributed by atoms with Crippen LogP contribution in [0, 0.1) is 0 Å². The van der Waals surface area contributed by atoms with Gasteiger partial charge in [0.05, 0.1) is 6.04 Å². The molecule has 3 heteroatoms. The van der Waals surface area contributed by atoms with Crippen LogP contribution in [0.1, 0.15) is 73.6 Å². The van der Waals surface area contributed by atoms with Gasteiger partial charge in [-0.05, 0) is 39.8 Å². The number of carbonyl (C=O) groups is 1. The number of hydrogen-bond acceptors (Lipinski definition) is 2. The third-order valence-corrected chi connectivity index (χ3v) is 3.98. The van der Waals surface area contributed by atoms with Crippen molar-refractivity contribution in [3.63, 3.8) is 0 Å². The van der Waals surface area contributed by atoms with Gasteiger partial charge in [0.25, 0.3) is 0 Å². The summed E-state index contributed by atoms with van der Waals surface area (Å²) in [6.45, 7) is 14.6. The standard InChI is InChI=1S/C16H34N2O/c1-7-11-12-13-14(18(9-3)10-4)15(19)17-16(5,6)8-2/h14H,7-13H2,1-6H3,(H,17,19). The minimum atomic E-state index is -0.104. The molecule has 0 aromatic rings. The van der Waals surface area contributed by atoms with Gasteiger partial charge in [-0.1, -0.05) is 47.0 Å². The molecule has 0 saturated carbocycles. The summed E-state index contributed by atoms with van der Waals surface area (Å²) in [6, 6.07) is 0.0346. The maximum atomic E-state index is 12.5. The van der Waals surface area contributed by atoms with Gasteiger partial charge in [0, 0.05) is 5.54 Å². The lowest BCUT2D eigenvalue weighted by molar-refractivity contribution is -0.128. The summed E-state index contributed by atoms with van der Waals surface area (Å²) in [6.07, 6.45) is 5.48. The predicted octanol–water partition coefficient (Wildman–Crippen LogP) is 3.58. The van der Waals surface area contributed by atoms with E-state index in [1.807, 2.05) is 0 Å². The van der Waals surface area contributed by atoms with Crippen molar-refractivity contribution in [1.82, 2.24) is 10.2 Å². The van der Waals surface area contributed by atoms with Crippen LogP contribution in [-0.4, -0.2) is 35.5 Å². The van der Waals surface area contributed by atoms with Gasteiger partial charge in [0.15, 0.2) is 0 Å². The van der Waals surface area contributed by atoms with Crippen LogP contribution in [0.15, 0.2) is 0 Å². The predicted molar refractivity (Wildman–Crippen MR) is 83.4 cm³/mol. The summed E-state index contributed by atoms with van der Waals surface area (Å²) in [5.74, 6) is 0.201. The SMILES string of the molecule is CCCCCC(C(=O)NC(C)(C)CC)N(CC)CC. The van der Waals surface area contributed by atoms with E-state index in [0.29, 0.717) is 0 Å². The van der Waals surface area contributed by atoms with Crippen LogP contribution in [0.25, 0.3) is 0 Å². The Bertz CT molecular complexity index is 247. The van der Waals surface area contributed by atoms with Gasteiger partial charge < -0.3 is 5.32 Å². The fourth-order valence-corrected chi connectivity index (χ4v) is 2.24. The molecule has 0 radical (unpaired) electrons. The highest BCUT2D eigenvalue weighted by Crippen LogP contribution is 2.14. The van der Waals surface area contributed by atoms with E-state index in [2.05, 4.69) is 51.8 Å². The van der Waals surface area contributed by atoms with Crippen LogP contribution >= 0.6 is 0 Å². The maximum absolute atomic E-state index is 12.5. The van der Waals surface area contributed by atoms with E-state index in [0.717, 1.165) is 32.4 Å². The molecule has 0 aromatic heterocycles. The van der Waals surface area contributed by atoms with E-state index in [-0.39, 0.29) is 17.5 Å². The van der Waals surface area contributed by atoms with Gasteiger partial charge in [0.2, 0.25) is 5.91 Å². The van der Waals surface area contributed by atoms with E-state index < -0.39 is 0 Å². The maximum Gasteiger partial charge on any atom is 0.237 e. The average Bonchev–Trinajstić information content (AvgIpc) is 2.37. The van der Waals surface area contributed by atoms with Crippen molar-refractivity contribution in [3.05, 3.63) is 0 Å². The van der Waals surface area contributed by atoms with Crippen molar-refractivity contribution in [2.24, 2.45) is 0 Å². The molecule has 1 amide bonds. The summed E-state index contributed by atoms with van der Waals surface area (Å²) >= 11 is 0. The van der Waals surface area contributed by atoms with Crippen molar-refractivity contribution < 1.29 is 4.79 Å². The topological polar surface area (TPSA) is 32.3 Å². The molecule has 0 rings (SSSR count). The fourth-order valence-electron chi connectivity index (χ4n) is 2.24. The first-order valence-corrected chi connectivity index (χ1v) is 7.97. The van der Waals surface area contributed by atoms with Crippen molar-refractivity contribution in [2.75, 3.05) is 13.1 Å². The highest BCUT2D eigenvalue weighted by atomic mass is 16.2. The van der Waals surface area contributed by atoms with Gasteiger partial charge in [-0.15, -0.1) is 0 Å². The molecule has 1 atom stereocenters. The third kappa shape index (κ3) is 6.95. The molecule has 114 valence electrons. The minimum Gasteiger partial charge on any atom is -0.350 e. The molecule has 1 N–H and O–H groups in total. The van der Waals surface area contributed by atoms with Gasteiger partial charge in [-0.3, -0.25) is 9.69 Å². The molecule has 0 saturated heterocycles. The highest BCUT2D eigenvalue weighted by Gasteiger charge is 2.27. The Morgan fingerprint density at radius 3 is 2.11 bits per heavy atom. The van der Waals surface area contributed by atoms with E-state index in [1.165, 1.54) is 12.8 Å². The lowest BCUT2D eigenvalue weighted by Gasteiger charge is -2.33. The Morgan fingerprint density at radius 2 is 1.68 bits per heavy atom.